The summed E-state index contributed by atoms with van der Waals surface area (Å²) in [6.45, 7) is 12.0. The Kier molecular flexibility index (Phi) is 15.9. The van der Waals surface area contributed by atoms with Crippen LogP contribution in [0.1, 0.15) is 84.4 Å². The van der Waals surface area contributed by atoms with Crippen molar-refractivity contribution in [2.45, 2.75) is 73.3 Å². The van der Waals surface area contributed by atoms with Gasteiger partial charge in [0.25, 0.3) is 0 Å². The minimum atomic E-state index is 0.180. The Bertz CT molecular complexity index is 2720. The van der Waals surface area contributed by atoms with Gasteiger partial charge in [0.2, 0.25) is 0 Å². The molecule has 0 bridgehead atoms. The Morgan fingerprint density at radius 2 is 1.11 bits per heavy atom. The Morgan fingerprint density at radius 3 is 1.80 bits per heavy atom. The van der Waals surface area contributed by atoms with E-state index in [1.165, 1.54) is 83.4 Å². The minimum Gasteiger partial charge on any atom is -0.398 e. The first-order valence-electron chi connectivity index (χ1n) is 22.4. The summed E-state index contributed by atoms with van der Waals surface area (Å²) >= 11 is 0. The third kappa shape index (κ3) is 10.2. The van der Waals surface area contributed by atoms with Gasteiger partial charge >= 0.3 is 0 Å². The molecule has 2 aliphatic carbocycles. The van der Waals surface area contributed by atoms with Crippen molar-refractivity contribution in [1.29, 1.82) is 0 Å². The highest BCUT2D eigenvalue weighted by Crippen LogP contribution is 2.41. The van der Waals surface area contributed by atoms with Crippen LogP contribution in [0.2, 0.25) is 0 Å². The van der Waals surface area contributed by atoms with Gasteiger partial charge in [0.1, 0.15) is 0 Å². The molecule has 7 aromatic carbocycles. The van der Waals surface area contributed by atoms with Gasteiger partial charge in [-0.2, -0.15) is 0 Å². The van der Waals surface area contributed by atoms with Crippen molar-refractivity contribution in [3.63, 3.8) is 0 Å². The highest BCUT2D eigenvalue weighted by Gasteiger charge is 2.21. The second-order valence-electron chi connectivity index (χ2n) is 14.6. The zero-order valence-corrected chi connectivity index (χ0v) is 37.0. The molecule has 3 N–H and O–H groups in total. The lowest BCUT2D eigenvalue weighted by atomic mass is 9.86. The smallest absolute Gasteiger partial charge is 0.0707 e. The SMILES string of the molecule is C1=CCCC(C2=CC=C(C3=CC(c4ccccc4)=CC(c4ccccc4)N3)CC2)=C1.CC.CC.CC.Nc1ccccc1-c1cc2ccccc2c2ccc3ccccc3c12. The van der Waals surface area contributed by atoms with E-state index in [0.29, 0.717) is 0 Å². The van der Waals surface area contributed by atoms with Crippen molar-refractivity contribution in [1.82, 2.24) is 5.32 Å². The van der Waals surface area contributed by atoms with E-state index in [-0.39, 0.29) is 6.04 Å². The number of hydrogen-bond acceptors (Lipinski definition) is 2. The molecule has 0 fully saturated rings. The summed E-state index contributed by atoms with van der Waals surface area (Å²) in [6.07, 6.45) is 20.6. The van der Waals surface area contributed by atoms with Crippen molar-refractivity contribution in [3.8, 4) is 11.1 Å². The van der Waals surface area contributed by atoms with Gasteiger partial charge in [0.15, 0.2) is 0 Å². The van der Waals surface area contributed by atoms with E-state index in [4.69, 9.17) is 5.73 Å². The van der Waals surface area contributed by atoms with Crippen molar-refractivity contribution in [2.24, 2.45) is 0 Å². The zero-order chi connectivity index (χ0) is 43.0. The minimum absolute atomic E-state index is 0.180. The van der Waals surface area contributed by atoms with Gasteiger partial charge < -0.3 is 11.1 Å². The fourth-order valence-corrected chi connectivity index (χ4v) is 8.31. The number of nitrogens with one attached hydrogen (secondary N) is 1. The molecule has 3 aliphatic rings. The number of dihydropyridines is 1. The molecule has 0 spiro atoms. The van der Waals surface area contributed by atoms with Gasteiger partial charge in [-0.15, -0.1) is 0 Å². The fourth-order valence-electron chi connectivity index (χ4n) is 8.31. The number of allylic oxidation sites excluding steroid dienone is 10. The molecule has 2 heteroatoms. The van der Waals surface area contributed by atoms with Gasteiger partial charge in [-0.25, -0.2) is 0 Å². The van der Waals surface area contributed by atoms with Crippen molar-refractivity contribution >= 4 is 43.6 Å². The van der Waals surface area contributed by atoms with E-state index in [2.05, 4.69) is 187 Å². The topological polar surface area (TPSA) is 38.0 Å². The van der Waals surface area contributed by atoms with Crippen LogP contribution in [-0.2, 0) is 0 Å². The number of hydrogen-bond donors (Lipinski definition) is 2. The van der Waals surface area contributed by atoms with E-state index < -0.39 is 0 Å². The summed E-state index contributed by atoms with van der Waals surface area (Å²) in [4.78, 5) is 0. The van der Waals surface area contributed by atoms with Crippen molar-refractivity contribution in [2.75, 3.05) is 5.73 Å². The molecule has 1 unspecified atom stereocenters. The molecule has 10 rings (SSSR count). The summed E-state index contributed by atoms with van der Waals surface area (Å²) in [5.41, 5.74) is 18.9. The van der Waals surface area contributed by atoms with Crippen LogP contribution in [0.25, 0.3) is 49.0 Å². The predicted molar refractivity (Wildman–Crippen MR) is 270 cm³/mol. The van der Waals surface area contributed by atoms with E-state index in [1.54, 1.807) is 0 Å². The number of anilines is 1. The summed E-state index contributed by atoms with van der Waals surface area (Å²) in [6, 6.07) is 53.6. The number of nitrogens with two attached hydrogens (primary N) is 1. The summed E-state index contributed by atoms with van der Waals surface area (Å²) in [7, 11) is 0. The maximum atomic E-state index is 6.33. The summed E-state index contributed by atoms with van der Waals surface area (Å²) in [5.74, 6) is 0. The van der Waals surface area contributed by atoms with Crippen LogP contribution in [0, 0.1) is 0 Å². The van der Waals surface area contributed by atoms with Crippen molar-refractivity contribution < 1.29 is 0 Å². The first-order valence-corrected chi connectivity index (χ1v) is 22.4. The normalized spacial score (nSPS) is 15.2. The van der Waals surface area contributed by atoms with Gasteiger partial charge in [0.05, 0.1) is 6.04 Å². The molecule has 1 aliphatic heterocycles. The first-order chi connectivity index (χ1) is 30.2. The first kappa shape index (κ1) is 43.9. The predicted octanol–water partition coefficient (Wildman–Crippen LogP) is 16.7. The second kappa shape index (κ2) is 22.1. The number of nitrogen functional groups attached to an aromatic ring is 1. The third-order valence-electron chi connectivity index (χ3n) is 11.1. The molecule has 1 heterocycles. The lowest BCUT2D eigenvalue weighted by Crippen LogP contribution is -2.24. The lowest BCUT2D eigenvalue weighted by Gasteiger charge is -2.28. The maximum absolute atomic E-state index is 6.33. The fraction of sp³-hybridized carbons (Fsp3) is 0.186. The molecule has 0 amide bonds. The second-order valence-corrected chi connectivity index (χ2v) is 14.6. The van der Waals surface area contributed by atoms with E-state index in [9.17, 15) is 0 Å². The lowest BCUT2D eigenvalue weighted by molar-refractivity contribution is 0.700. The van der Waals surface area contributed by atoms with Crippen LogP contribution < -0.4 is 11.1 Å². The molecule has 0 aromatic heterocycles. The Labute approximate surface area is 365 Å². The zero-order valence-electron chi connectivity index (χ0n) is 37.0. The van der Waals surface area contributed by atoms with Crippen LogP contribution in [0.5, 0.6) is 0 Å². The number of para-hydroxylation sites is 1. The van der Waals surface area contributed by atoms with Crippen LogP contribution in [0.15, 0.2) is 217 Å². The largest absolute Gasteiger partial charge is 0.398 e. The molecular formula is C59H62N2. The summed E-state index contributed by atoms with van der Waals surface area (Å²) in [5, 5.41) is 11.4. The van der Waals surface area contributed by atoms with E-state index in [1.807, 2.05) is 53.7 Å². The van der Waals surface area contributed by atoms with Crippen LogP contribution in [0.3, 0.4) is 0 Å². The molecule has 0 radical (unpaired) electrons. The van der Waals surface area contributed by atoms with Gasteiger partial charge in [-0.05, 0) is 121 Å². The number of rotatable bonds is 5. The van der Waals surface area contributed by atoms with Crippen LogP contribution in [-0.4, -0.2) is 0 Å². The highest BCUT2D eigenvalue weighted by atomic mass is 14.9. The monoisotopic (exact) mass is 798 g/mol. The Balaban J connectivity index is 0.000000184. The molecule has 0 saturated heterocycles. The average molecular weight is 799 g/mol. The van der Waals surface area contributed by atoms with Gasteiger partial charge in [-0.1, -0.05) is 211 Å². The van der Waals surface area contributed by atoms with Gasteiger partial charge in [0, 0.05) is 16.9 Å². The molecule has 2 nitrogen and oxygen atoms in total. The summed E-state index contributed by atoms with van der Waals surface area (Å²) < 4.78 is 0. The quantitative estimate of drug-likeness (QED) is 0.134. The number of fused-ring (bicyclic) bond motifs is 5. The molecule has 0 saturated carbocycles. The molecule has 1 atom stereocenters. The standard InChI is InChI=1S/C29H27N.C24H17N.3C2H6/c1-4-10-22(11-5-1)24-16-18-26(19-17-24)29-21-27(23-12-6-2-7-13-23)20-28(30-29)25-14-8-3-9-15-25;25-23-12-6-5-11-20(23)22-15-17-8-2-3-9-18(17)21-14-13-16-7-1-4-10-19(16)24(21)22;3*1-2/h1-4,6-10,12-16,18,20-21,28,30H,5,11,17,19H2;1-15H,25H2;3*1-2H3. The van der Waals surface area contributed by atoms with E-state index in [0.717, 1.165) is 30.5 Å². The highest BCUT2D eigenvalue weighted by molar-refractivity contribution is 6.23. The Hall–Kier alpha value is -6.64. The Morgan fingerprint density at radius 1 is 0.508 bits per heavy atom. The maximum Gasteiger partial charge on any atom is 0.0707 e. The molecule has 308 valence electrons. The molecule has 7 aromatic rings. The van der Waals surface area contributed by atoms with Crippen LogP contribution in [0.4, 0.5) is 5.69 Å². The van der Waals surface area contributed by atoms with Crippen LogP contribution >= 0.6 is 0 Å². The molecular weight excluding hydrogens is 737 g/mol. The van der Waals surface area contributed by atoms with E-state index >= 15 is 0 Å². The van der Waals surface area contributed by atoms with Gasteiger partial charge in [-0.3, -0.25) is 0 Å². The number of benzene rings is 7. The average Bonchev–Trinajstić information content (AvgIpc) is 3.36. The van der Waals surface area contributed by atoms with Crippen molar-refractivity contribution in [3.05, 3.63) is 228 Å². The molecule has 61 heavy (non-hydrogen) atoms. The third-order valence-corrected chi connectivity index (χ3v) is 11.1.